The van der Waals surface area contributed by atoms with Crippen LogP contribution in [-0.4, -0.2) is 0 Å². The van der Waals surface area contributed by atoms with E-state index in [2.05, 4.69) is 47.8 Å². The normalized spacial score (nSPS) is 12.7. The van der Waals surface area contributed by atoms with Gasteiger partial charge in [0.15, 0.2) is 0 Å². The second-order valence-electron chi connectivity index (χ2n) is 3.82. The van der Waals surface area contributed by atoms with E-state index < -0.39 is 0 Å². The van der Waals surface area contributed by atoms with Crippen LogP contribution < -0.4 is 5.73 Å². The van der Waals surface area contributed by atoms with Crippen molar-refractivity contribution < 1.29 is 0 Å². The van der Waals surface area contributed by atoms with Gasteiger partial charge in [-0.1, -0.05) is 33.6 Å². The Morgan fingerprint density at radius 3 is 2.50 bits per heavy atom. The summed E-state index contributed by atoms with van der Waals surface area (Å²) < 4.78 is 3.08. The molecule has 0 aliphatic heterocycles. The van der Waals surface area contributed by atoms with Gasteiger partial charge in [-0.3, -0.25) is 0 Å². The Balaban J connectivity index is 2.18. The summed E-state index contributed by atoms with van der Waals surface area (Å²) in [5, 5.41) is 0.745. The third-order valence-corrected chi connectivity index (χ3v) is 6.72. The van der Waals surface area contributed by atoms with Crippen LogP contribution in [0.5, 0.6) is 0 Å². The van der Waals surface area contributed by atoms with Gasteiger partial charge in [-0.05, 0) is 62.0 Å². The highest BCUT2D eigenvalue weighted by molar-refractivity contribution is 9.13. The van der Waals surface area contributed by atoms with Gasteiger partial charge in [-0.15, -0.1) is 11.3 Å². The molecule has 2 aromatic rings. The third kappa shape index (κ3) is 3.58. The molecule has 1 unspecified atom stereocenters. The molecule has 2 N–H and O–H groups in total. The van der Waals surface area contributed by atoms with E-state index in [0.29, 0.717) is 0 Å². The topological polar surface area (TPSA) is 26.0 Å². The van der Waals surface area contributed by atoms with Crippen LogP contribution in [0, 0.1) is 0 Å². The van der Waals surface area contributed by atoms with Crippen molar-refractivity contribution in [3.8, 4) is 0 Å². The van der Waals surface area contributed by atoms with E-state index in [0.717, 1.165) is 34.6 Å². The summed E-state index contributed by atoms with van der Waals surface area (Å²) in [6, 6.07) is 7.88. The van der Waals surface area contributed by atoms with Gasteiger partial charge in [0.2, 0.25) is 0 Å². The fourth-order valence-corrected chi connectivity index (χ4v) is 4.41. The minimum absolute atomic E-state index is 0.0451. The van der Waals surface area contributed by atoms with Crippen LogP contribution in [0.3, 0.4) is 0 Å². The van der Waals surface area contributed by atoms with Gasteiger partial charge in [-0.25, -0.2) is 0 Å². The van der Waals surface area contributed by atoms with Crippen LogP contribution in [-0.2, 0) is 6.42 Å². The van der Waals surface area contributed by atoms with Gasteiger partial charge in [0.05, 0.1) is 3.79 Å². The molecule has 0 bridgehead atoms. The summed E-state index contributed by atoms with van der Waals surface area (Å²) in [6.07, 6.45) is 0.728. The van der Waals surface area contributed by atoms with Crippen LogP contribution in [0.15, 0.2) is 37.0 Å². The van der Waals surface area contributed by atoms with Crippen molar-refractivity contribution in [2.45, 2.75) is 12.5 Å². The molecule has 6 heteroatoms. The molecule has 18 heavy (non-hydrogen) atoms. The molecular weight excluding hydrogens is 465 g/mol. The summed E-state index contributed by atoms with van der Waals surface area (Å²) in [5.41, 5.74) is 7.28. The quantitative estimate of drug-likeness (QED) is 0.586. The number of hydrogen-bond acceptors (Lipinski definition) is 2. The maximum atomic E-state index is 6.21. The lowest BCUT2D eigenvalue weighted by atomic mass is 10.1. The molecule has 1 atom stereocenters. The number of hydrogen-bond donors (Lipinski definition) is 1. The van der Waals surface area contributed by atoms with E-state index in [1.54, 1.807) is 11.3 Å². The summed E-state index contributed by atoms with van der Waals surface area (Å²) in [4.78, 5) is 1.13. The smallest absolute Gasteiger partial charge is 0.0843 e. The Morgan fingerprint density at radius 2 is 1.94 bits per heavy atom. The van der Waals surface area contributed by atoms with Crippen LogP contribution in [0.2, 0.25) is 5.02 Å². The Bertz CT molecular complexity index is 551. The summed E-state index contributed by atoms with van der Waals surface area (Å²) in [5.74, 6) is 0. The first-order chi connectivity index (χ1) is 8.47. The predicted octanol–water partition coefficient (Wildman–Crippen LogP) is 5.93. The molecule has 0 fully saturated rings. The zero-order valence-corrected chi connectivity index (χ0v) is 15.4. The fourth-order valence-electron chi connectivity index (χ4n) is 1.57. The molecule has 0 radical (unpaired) electrons. The number of nitrogens with two attached hydrogens (primary N) is 1. The van der Waals surface area contributed by atoms with E-state index >= 15 is 0 Å². The van der Waals surface area contributed by atoms with Crippen LogP contribution in [0.25, 0.3) is 0 Å². The molecule has 1 nitrogen and oxygen atoms in total. The molecule has 0 aliphatic carbocycles. The minimum Gasteiger partial charge on any atom is -0.323 e. The van der Waals surface area contributed by atoms with Crippen molar-refractivity contribution in [2.75, 3.05) is 0 Å². The van der Waals surface area contributed by atoms with Gasteiger partial charge < -0.3 is 5.73 Å². The lowest BCUT2D eigenvalue weighted by Crippen LogP contribution is -2.12. The largest absolute Gasteiger partial charge is 0.323 e. The fraction of sp³-hybridized carbons (Fsp3) is 0.167. The maximum Gasteiger partial charge on any atom is 0.0843 e. The van der Waals surface area contributed by atoms with Crippen molar-refractivity contribution in [1.29, 1.82) is 0 Å². The molecule has 1 heterocycles. The molecule has 0 spiro atoms. The van der Waals surface area contributed by atoms with Crippen LogP contribution in [0.4, 0.5) is 0 Å². The summed E-state index contributed by atoms with van der Waals surface area (Å²) >= 11 is 18.2. The molecule has 0 aliphatic rings. The summed E-state index contributed by atoms with van der Waals surface area (Å²) in [7, 11) is 0. The third-order valence-electron chi connectivity index (χ3n) is 2.48. The van der Waals surface area contributed by atoms with Crippen molar-refractivity contribution in [3.05, 3.63) is 52.5 Å². The highest BCUT2D eigenvalue weighted by atomic mass is 79.9. The first kappa shape index (κ1) is 15.0. The van der Waals surface area contributed by atoms with E-state index in [4.69, 9.17) is 17.3 Å². The minimum atomic E-state index is -0.0451. The zero-order chi connectivity index (χ0) is 13.3. The molecule has 0 saturated carbocycles. The van der Waals surface area contributed by atoms with Crippen molar-refractivity contribution in [2.24, 2.45) is 5.73 Å². The second-order valence-corrected chi connectivity index (χ2v) is 8.40. The molecule has 1 aromatic heterocycles. The van der Waals surface area contributed by atoms with Gasteiger partial charge in [0.25, 0.3) is 0 Å². The molecule has 96 valence electrons. The molecule has 2 rings (SSSR count). The lowest BCUT2D eigenvalue weighted by molar-refractivity contribution is 0.736. The van der Waals surface area contributed by atoms with E-state index in [1.165, 1.54) is 0 Å². The number of rotatable bonds is 3. The van der Waals surface area contributed by atoms with Crippen LogP contribution in [0.1, 0.15) is 16.5 Å². The van der Waals surface area contributed by atoms with Crippen LogP contribution >= 0.6 is 70.7 Å². The Morgan fingerprint density at radius 1 is 1.22 bits per heavy atom. The van der Waals surface area contributed by atoms with Gasteiger partial charge in [-0.2, -0.15) is 0 Å². The summed E-state index contributed by atoms with van der Waals surface area (Å²) in [6.45, 7) is 0. The van der Waals surface area contributed by atoms with Crippen molar-refractivity contribution in [1.82, 2.24) is 0 Å². The monoisotopic (exact) mass is 471 g/mol. The average Bonchev–Trinajstić information content (AvgIpc) is 2.63. The highest BCUT2D eigenvalue weighted by Gasteiger charge is 2.14. The van der Waals surface area contributed by atoms with Gasteiger partial charge >= 0.3 is 0 Å². The van der Waals surface area contributed by atoms with E-state index in [-0.39, 0.29) is 6.04 Å². The van der Waals surface area contributed by atoms with Crippen molar-refractivity contribution >= 4 is 70.7 Å². The maximum absolute atomic E-state index is 6.21. The first-order valence-corrected chi connectivity index (χ1v) is 8.69. The van der Waals surface area contributed by atoms with Crippen molar-refractivity contribution in [3.63, 3.8) is 0 Å². The highest BCUT2D eigenvalue weighted by Crippen LogP contribution is 2.36. The van der Waals surface area contributed by atoms with E-state index in [9.17, 15) is 0 Å². The predicted molar refractivity (Wildman–Crippen MR) is 89.5 cm³/mol. The standard InChI is InChI=1S/C12H9Br3ClNS/c13-7-2-1-6(9(16)4-7)3-10(17)11-5-8(14)12(15)18-11/h1-2,4-5,10H,3,17H2. The zero-order valence-electron chi connectivity index (χ0n) is 9.09. The Hall–Kier alpha value is 0.610. The second kappa shape index (κ2) is 6.37. The molecule has 1 aromatic carbocycles. The average molecular weight is 474 g/mol. The SMILES string of the molecule is NC(Cc1ccc(Br)cc1Cl)c1cc(Br)c(Br)s1. The number of benzene rings is 1. The molecular formula is C12H9Br3ClNS. The lowest BCUT2D eigenvalue weighted by Gasteiger charge is -2.11. The van der Waals surface area contributed by atoms with E-state index in [1.807, 2.05) is 24.3 Å². The number of thiophene rings is 1. The first-order valence-electron chi connectivity index (χ1n) is 5.11. The molecule has 0 saturated heterocycles. The van der Waals surface area contributed by atoms with Gasteiger partial charge in [0, 0.05) is 24.9 Å². The molecule has 0 amide bonds. The Labute approximate surface area is 140 Å². The Kier molecular flexibility index (Phi) is 5.31. The number of halogens is 4. The van der Waals surface area contributed by atoms with Gasteiger partial charge in [0.1, 0.15) is 0 Å².